The van der Waals surface area contributed by atoms with Gasteiger partial charge >= 0.3 is 11.9 Å². The lowest BCUT2D eigenvalue weighted by Gasteiger charge is -2.15. The van der Waals surface area contributed by atoms with Gasteiger partial charge in [-0.25, -0.2) is 0 Å². The number of carbonyl (C=O) groups excluding carboxylic acids is 2. The number of aliphatic hydroxyl groups is 1. The highest BCUT2D eigenvalue weighted by molar-refractivity contribution is 5.70. The van der Waals surface area contributed by atoms with Crippen LogP contribution < -0.4 is 0 Å². The Bertz CT molecular complexity index is 642. The molecule has 0 unspecified atom stereocenters. The van der Waals surface area contributed by atoms with Crippen LogP contribution in [0.25, 0.3) is 0 Å². The fraction of sp³-hybridized carbons (Fsp3) is 0.838. The molecule has 0 saturated heterocycles. The van der Waals surface area contributed by atoms with Crippen LogP contribution in [-0.4, -0.2) is 36.4 Å². The first kappa shape index (κ1) is 40.4. The first-order valence-electron chi connectivity index (χ1n) is 17.9. The number of carbonyl (C=O) groups is 2. The summed E-state index contributed by atoms with van der Waals surface area (Å²) in [5, 5.41) is 9.51. The quantitative estimate of drug-likeness (QED) is 0.0478. The summed E-state index contributed by atoms with van der Waals surface area (Å²) in [6.07, 6.45) is 38.0. The summed E-state index contributed by atoms with van der Waals surface area (Å²) >= 11 is 0. The van der Waals surface area contributed by atoms with Gasteiger partial charge in [-0.15, -0.1) is 0 Å². The summed E-state index contributed by atoms with van der Waals surface area (Å²) in [5.41, 5.74) is 0. The van der Waals surface area contributed by atoms with E-state index in [0.29, 0.717) is 12.8 Å². The van der Waals surface area contributed by atoms with E-state index in [-0.39, 0.29) is 25.2 Å². The molecule has 0 aromatic carbocycles. The summed E-state index contributed by atoms with van der Waals surface area (Å²) in [6, 6.07) is 0. The molecular weight excluding hydrogens is 524 g/mol. The number of allylic oxidation sites excluding steroid dienone is 4. The van der Waals surface area contributed by atoms with E-state index in [1.54, 1.807) is 0 Å². The van der Waals surface area contributed by atoms with Crippen LogP contribution in [-0.2, 0) is 19.1 Å². The van der Waals surface area contributed by atoms with Gasteiger partial charge in [0, 0.05) is 12.8 Å². The maximum atomic E-state index is 12.1. The van der Waals surface area contributed by atoms with Crippen LogP contribution in [0, 0.1) is 0 Å². The molecule has 1 atom stereocenters. The Hall–Kier alpha value is -1.62. The minimum atomic E-state index is -0.770. The van der Waals surface area contributed by atoms with Crippen LogP contribution in [0.3, 0.4) is 0 Å². The summed E-state index contributed by atoms with van der Waals surface area (Å²) in [6.45, 7) is 4.09. The zero-order chi connectivity index (χ0) is 30.8. The molecule has 0 radical (unpaired) electrons. The molecule has 5 nitrogen and oxygen atoms in total. The van der Waals surface area contributed by atoms with Crippen LogP contribution in [0.4, 0.5) is 0 Å². The SMILES string of the molecule is CCCCC/C=C/C/C=C/CCCCCCCC(=O)OC[C@H](CO)OC(=O)CCCCCCCCCCCCCCC. The van der Waals surface area contributed by atoms with Crippen molar-refractivity contribution in [3.8, 4) is 0 Å². The second-order valence-electron chi connectivity index (χ2n) is 12.0. The average molecular weight is 593 g/mol. The molecule has 0 aromatic heterocycles. The lowest BCUT2D eigenvalue weighted by atomic mass is 10.0. The fourth-order valence-corrected chi connectivity index (χ4v) is 4.99. The Kier molecular flexibility index (Phi) is 32.6. The van der Waals surface area contributed by atoms with Gasteiger partial charge in [0.25, 0.3) is 0 Å². The highest BCUT2D eigenvalue weighted by Crippen LogP contribution is 2.14. The largest absolute Gasteiger partial charge is 0.462 e. The molecule has 5 heteroatoms. The van der Waals surface area contributed by atoms with E-state index in [4.69, 9.17) is 9.47 Å². The molecule has 0 aliphatic heterocycles. The van der Waals surface area contributed by atoms with Gasteiger partial charge in [0.05, 0.1) is 6.61 Å². The predicted octanol–water partition coefficient (Wildman–Crippen LogP) is 10.7. The van der Waals surface area contributed by atoms with Gasteiger partial charge in [-0.3, -0.25) is 9.59 Å². The molecule has 0 aliphatic carbocycles. The van der Waals surface area contributed by atoms with Gasteiger partial charge in [-0.1, -0.05) is 147 Å². The zero-order valence-electron chi connectivity index (χ0n) is 27.8. The van der Waals surface area contributed by atoms with Gasteiger partial charge in [0.15, 0.2) is 6.10 Å². The van der Waals surface area contributed by atoms with Crippen molar-refractivity contribution in [1.82, 2.24) is 0 Å². The molecule has 246 valence electrons. The van der Waals surface area contributed by atoms with Crippen molar-refractivity contribution < 1.29 is 24.2 Å². The number of hydrogen-bond acceptors (Lipinski definition) is 5. The third-order valence-corrected chi connectivity index (χ3v) is 7.75. The molecule has 0 aromatic rings. The molecule has 0 fully saturated rings. The van der Waals surface area contributed by atoms with Gasteiger partial charge < -0.3 is 14.6 Å². The number of rotatable bonds is 32. The fourth-order valence-electron chi connectivity index (χ4n) is 4.99. The average Bonchev–Trinajstić information content (AvgIpc) is 2.99. The van der Waals surface area contributed by atoms with E-state index >= 15 is 0 Å². The number of ether oxygens (including phenoxy) is 2. The molecule has 0 amide bonds. The van der Waals surface area contributed by atoms with Crippen molar-refractivity contribution in [2.24, 2.45) is 0 Å². The number of unbranched alkanes of at least 4 members (excludes halogenated alkanes) is 20. The molecule has 1 N–H and O–H groups in total. The highest BCUT2D eigenvalue weighted by atomic mass is 16.6. The van der Waals surface area contributed by atoms with Gasteiger partial charge in [0.2, 0.25) is 0 Å². The smallest absolute Gasteiger partial charge is 0.306 e. The summed E-state index contributed by atoms with van der Waals surface area (Å²) in [5.74, 6) is -0.603. The Morgan fingerprint density at radius 1 is 0.548 bits per heavy atom. The number of aliphatic hydroxyl groups excluding tert-OH is 1. The molecule has 0 spiro atoms. The van der Waals surface area contributed by atoms with E-state index < -0.39 is 6.10 Å². The van der Waals surface area contributed by atoms with Crippen molar-refractivity contribution in [2.45, 2.75) is 187 Å². The van der Waals surface area contributed by atoms with Crippen molar-refractivity contribution in [3.05, 3.63) is 24.3 Å². The Labute approximate surface area is 260 Å². The molecule has 0 saturated carbocycles. The minimum Gasteiger partial charge on any atom is -0.462 e. The predicted molar refractivity (Wildman–Crippen MR) is 178 cm³/mol. The summed E-state index contributed by atoms with van der Waals surface area (Å²) < 4.78 is 10.6. The summed E-state index contributed by atoms with van der Waals surface area (Å²) in [4.78, 5) is 24.1. The second kappa shape index (κ2) is 33.9. The van der Waals surface area contributed by atoms with Gasteiger partial charge in [-0.05, 0) is 44.9 Å². The molecule has 0 aliphatic rings. The number of esters is 2. The summed E-state index contributed by atoms with van der Waals surface area (Å²) in [7, 11) is 0. The van der Waals surface area contributed by atoms with E-state index in [9.17, 15) is 14.7 Å². The van der Waals surface area contributed by atoms with E-state index in [0.717, 1.165) is 51.4 Å². The lowest BCUT2D eigenvalue weighted by molar-refractivity contribution is -0.161. The van der Waals surface area contributed by atoms with E-state index in [1.165, 1.54) is 103 Å². The van der Waals surface area contributed by atoms with Crippen LogP contribution in [0.1, 0.15) is 181 Å². The van der Waals surface area contributed by atoms with Crippen LogP contribution in [0.15, 0.2) is 24.3 Å². The lowest BCUT2D eigenvalue weighted by Crippen LogP contribution is -2.28. The van der Waals surface area contributed by atoms with Crippen molar-refractivity contribution in [2.75, 3.05) is 13.2 Å². The van der Waals surface area contributed by atoms with Crippen LogP contribution >= 0.6 is 0 Å². The van der Waals surface area contributed by atoms with Crippen molar-refractivity contribution >= 4 is 11.9 Å². The molecule has 42 heavy (non-hydrogen) atoms. The zero-order valence-corrected chi connectivity index (χ0v) is 27.8. The molecule has 0 bridgehead atoms. The molecule has 0 heterocycles. The highest BCUT2D eigenvalue weighted by Gasteiger charge is 2.16. The maximum Gasteiger partial charge on any atom is 0.306 e. The van der Waals surface area contributed by atoms with Crippen LogP contribution in [0.5, 0.6) is 0 Å². The third-order valence-electron chi connectivity index (χ3n) is 7.75. The van der Waals surface area contributed by atoms with E-state index in [1.807, 2.05) is 0 Å². The van der Waals surface area contributed by atoms with Gasteiger partial charge in [0.1, 0.15) is 6.61 Å². The van der Waals surface area contributed by atoms with Crippen molar-refractivity contribution in [3.63, 3.8) is 0 Å². The van der Waals surface area contributed by atoms with Gasteiger partial charge in [-0.2, -0.15) is 0 Å². The third kappa shape index (κ3) is 31.3. The topological polar surface area (TPSA) is 72.8 Å². The molecule has 0 rings (SSSR count). The number of hydrogen-bond donors (Lipinski definition) is 1. The normalized spacial score (nSPS) is 12.4. The van der Waals surface area contributed by atoms with Crippen molar-refractivity contribution in [1.29, 1.82) is 0 Å². The second-order valence-corrected chi connectivity index (χ2v) is 12.0. The molecular formula is C37H68O5. The van der Waals surface area contributed by atoms with Crippen LogP contribution in [0.2, 0.25) is 0 Å². The Balaban J connectivity index is 3.58. The maximum absolute atomic E-state index is 12.1. The Morgan fingerprint density at radius 3 is 1.45 bits per heavy atom. The minimum absolute atomic E-state index is 0.0695. The Morgan fingerprint density at radius 2 is 0.952 bits per heavy atom. The monoisotopic (exact) mass is 593 g/mol. The first-order chi connectivity index (χ1) is 20.6. The van der Waals surface area contributed by atoms with E-state index in [2.05, 4.69) is 38.2 Å². The standard InChI is InChI=1S/C37H68O5/c1-3-5-7-9-11-13-15-17-18-20-21-23-25-27-29-31-36(39)41-34-35(33-38)42-37(40)32-30-28-26-24-22-19-16-14-12-10-8-6-4-2/h11,13,17-18,35,38H,3-10,12,14-16,19-34H2,1-2H3/b13-11+,18-17+/t35-/m0/s1. The first-order valence-corrected chi connectivity index (χ1v) is 17.9.